The van der Waals surface area contributed by atoms with Gasteiger partial charge < -0.3 is 17.2 Å². The number of nitrogens with two attached hydrogens (primary N) is 3. The zero-order chi connectivity index (χ0) is 10.6. The first-order valence-corrected chi connectivity index (χ1v) is 4.21. The molecule has 74 valence electrons. The monoisotopic (exact) mass is 190 g/mol. The van der Waals surface area contributed by atoms with Crippen LogP contribution in [-0.4, -0.2) is 4.98 Å². The van der Waals surface area contributed by atoms with E-state index in [1.807, 2.05) is 6.92 Å². The fourth-order valence-electron chi connectivity index (χ4n) is 1.10. The maximum absolute atomic E-state index is 5.82. The van der Waals surface area contributed by atoms with E-state index in [0.29, 0.717) is 11.5 Å². The molecule has 0 atom stereocenters. The van der Waals surface area contributed by atoms with E-state index in [-0.39, 0.29) is 0 Å². The van der Waals surface area contributed by atoms with Gasteiger partial charge in [-0.25, -0.2) is 4.98 Å². The molecule has 4 nitrogen and oxygen atoms in total. The molecule has 14 heavy (non-hydrogen) atoms. The molecule has 1 heterocycles. The summed E-state index contributed by atoms with van der Waals surface area (Å²) in [4.78, 5) is 3.95. The molecule has 4 heteroatoms. The standard InChI is InChI=1S/C10H14N4/c1-7-6-14-10(13)5-8(7)9(12)3-2-4-11/h2-6H,11-12H2,1H3,(H2,13,14)/b4-2-,9-3-. The van der Waals surface area contributed by atoms with Crippen molar-refractivity contribution in [3.05, 3.63) is 41.7 Å². The topological polar surface area (TPSA) is 90.9 Å². The molecule has 0 spiro atoms. The summed E-state index contributed by atoms with van der Waals surface area (Å²) in [5, 5.41) is 0. The molecular weight excluding hydrogens is 176 g/mol. The van der Waals surface area contributed by atoms with Crippen LogP contribution in [0.5, 0.6) is 0 Å². The normalized spacial score (nSPS) is 12.2. The molecule has 0 saturated heterocycles. The molecule has 1 rings (SSSR count). The molecule has 0 fully saturated rings. The van der Waals surface area contributed by atoms with Crippen molar-refractivity contribution in [3.8, 4) is 0 Å². The van der Waals surface area contributed by atoms with E-state index in [9.17, 15) is 0 Å². The number of allylic oxidation sites excluding steroid dienone is 2. The van der Waals surface area contributed by atoms with Gasteiger partial charge in [-0.2, -0.15) is 0 Å². The number of rotatable bonds is 2. The first-order chi connectivity index (χ1) is 6.65. The summed E-state index contributed by atoms with van der Waals surface area (Å²) in [7, 11) is 0. The van der Waals surface area contributed by atoms with E-state index < -0.39 is 0 Å². The van der Waals surface area contributed by atoms with Crippen LogP contribution in [0.25, 0.3) is 5.70 Å². The molecule has 0 aromatic carbocycles. The molecule has 0 radical (unpaired) electrons. The molecule has 1 aromatic rings. The van der Waals surface area contributed by atoms with Crippen molar-refractivity contribution in [2.24, 2.45) is 11.5 Å². The Bertz CT molecular complexity index is 380. The highest BCUT2D eigenvalue weighted by molar-refractivity contribution is 5.68. The second-order valence-corrected chi connectivity index (χ2v) is 2.93. The molecule has 1 aromatic heterocycles. The van der Waals surface area contributed by atoms with Gasteiger partial charge in [-0.1, -0.05) is 0 Å². The van der Waals surface area contributed by atoms with Crippen LogP contribution in [0.2, 0.25) is 0 Å². The average Bonchev–Trinajstić information content (AvgIpc) is 2.18. The Kier molecular flexibility index (Phi) is 3.12. The van der Waals surface area contributed by atoms with E-state index in [2.05, 4.69) is 4.98 Å². The average molecular weight is 190 g/mol. The summed E-state index contributed by atoms with van der Waals surface area (Å²) < 4.78 is 0. The number of nitrogen functional groups attached to an aromatic ring is 1. The molecule has 6 N–H and O–H groups in total. The minimum absolute atomic E-state index is 0.457. The van der Waals surface area contributed by atoms with E-state index >= 15 is 0 Å². The van der Waals surface area contributed by atoms with Gasteiger partial charge in [-0.3, -0.25) is 0 Å². The zero-order valence-electron chi connectivity index (χ0n) is 8.07. The van der Waals surface area contributed by atoms with Gasteiger partial charge in [-0.05, 0) is 36.9 Å². The van der Waals surface area contributed by atoms with Gasteiger partial charge in [0.25, 0.3) is 0 Å². The molecule has 0 aliphatic heterocycles. The number of pyridine rings is 1. The first-order valence-electron chi connectivity index (χ1n) is 4.21. The molecule has 0 unspecified atom stereocenters. The number of nitrogens with zero attached hydrogens (tertiary/aromatic N) is 1. The summed E-state index contributed by atoms with van der Waals surface area (Å²) in [5.41, 5.74) is 19.1. The lowest BCUT2D eigenvalue weighted by Crippen LogP contribution is -2.01. The van der Waals surface area contributed by atoms with E-state index in [1.54, 1.807) is 24.4 Å². The van der Waals surface area contributed by atoms with E-state index in [4.69, 9.17) is 17.2 Å². The summed E-state index contributed by atoms with van der Waals surface area (Å²) in [6, 6.07) is 1.74. The van der Waals surface area contributed by atoms with Crippen molar-refractivity contribution in [1.29, 1.82) is 0 Å². The minimum atomic E-state index is 0.457. The van der Waals surface area contributed by atoms with Crippen molar-refractivity contribution in [2.45, 2.75) is 6.92 Å². The number of hydrogen-bond acceptors (Lipinski definition) is 4. The second kappa shape index (κ2) is 4.32. The molecule has 0 amide bonds. The summed E-state index contributed by atoms with van der Waals surface area (Å²) in [5.74, 6) is 0.457. The van der Waals surface area contributed by atoms with Crippen molar-refractivity contribution >= 4 is 11.5 Å². The van der Waals surface area contributed by atoms with Crippen LogP contribution in [0.15, 0.2) is 30.6 Å². The largest absolute Gasteiger partial charge is 0.405 e. The number of anilines is 1. The Hall–Kier alpha value is -1.97. The third-order valence-electron chi connectivity index (χ3n) is 1.82. The Balaban J connectivity index is 3.11. The summed E-state index contributed by atoms with van der Waals surface area (Å²) in [6.45, 7) is 1.93. The summed E-state index contributed by atoms with van der Waals surface area (Å²) in [6.07, 6.45) is 6.51. The lowest BCUT2D eigenvalue weighted by Gasteiger charge is -2.05. The molecule has 0 bridgehead atoms. The first kappa shape index (κ1) is 10.1. The highest BCUT2D eigenvalue weighted by Crippen LogP contribution is 2.15. The van der Waals surface area contributed by atoms with Crippen molar-refractivity contribution < 1.29 is 0 Å². The fourth-order valence-corrected chi connectivity index (χ4v) is 1.10. The molecule has 0 saturated carbocycles. The summed E-state index contributed by atoms with van der Waals surface area (Å²) >= 11 is 0. The van der Waals surface area contributed by atoms with Crippen LogP contribution in [0.4, 0.5) is 5.82 Å². The van der Waals surface area contributed by atoms with Crippen molar-refractivity contribution in [1.82, 2.24) is 4.98 Å². The lowest BCUT2D eigenvalue weighted by atomic mass is 10.1. The maximum Gasteiger partial charge on any atom is 0.123 e. The predicted molar refractivity (Wildman–Crippen MR) is 58.9 cm³/mol. The number of aromatic nitrogens is 1. The third-order valence-corrected chi connectivity index (χ3v) is 1.82. The van der Waals surface area contributed by atoms with Crippen molar-refractivity contribution in [2.75, 3.05) is 5.73 Å². The smallest absolute Gasteiger partial charge is 0.123 e. The molecular formula is C10H14N4. The lowest BCUT2D eigenvalue weighted by molar-refractivity contribution is 1.25. The van der Waals surface area contributed by atoms with E-state index in [1.165, 1.54) is 6.20 Å². The third kappa shape index (κ3) is 2.26. The Morgan fingerprint density at radius 3 is 2.86 bits per heavy atom. The second-order valence-electron chi connectivity index (χ2n) is 2.93. The number of hydrogen-bond donors (Lipinski definition) is 3. The van der Waals surface area contributed by atoms with Crippen LogP contribution < -0.4 is 17.2 Å². The van der Waals surface area contributed by atoms with Crippen LogP contribution in [-0.2, 0) is 0 Å². The van der Waals surface area contributed by atoms with Gasteiger partial charge in [0.15, 0.2) is 0 Å². The molecule has 0 aliphatic carbocycles. The Morgan fingerprint density at radius 1 is 1.50 bits per heavy atom. The highest BCUT2D eigenvalue weighted by atomic mass is 14.8. The fraction of sp³-hybridized carbons (Fsp3) is 0.100. The number of aryl methyl sites for hydroxylation is 1. The minimum Gasteiger partial charge on any atom is -0.405 e. The molecule has 0 aliphatic rings. The van der Waals surface area contributed by atoms with Gasteiger partial charge in [-0.15, -0.1) is 0 Å². The van der Waals surface area contributed by atoms with Gasteiger partial charge in [0.1, 0.15) is 5.82 Å². The SMILES string of the molecule is Cc1cnc(N)cc1/C(N)=C/C=C\N. The quantitative estimate of drug-likeness (QED) is 0.600. The predicted octanol–water partition coefficient (Wildman–Crippen LogP) is 0.744. The van der Waals surface area contributed by atoms with Crippen LogP contribution >= 0.6 is 0 Å². The van der Waals surface area contributed by atoms with Crippen LogP contribution in [0.3, 0.4) is 0 Å². The van der Waals surface area contributed by atoms with Gasteiger partial charge in [0.05, 0.1) is 0 Å². The van der Waals surface area contributed by atoms with Crippen LogP contribution in [0.1, 0.15) is 11.1 Å². The maximum atomic E-state index is 5.82. The Labute approximate surface area is 83.1 Å². The van der Waals surface area contributed by atoms with Gasteiger partial charge in [0, 0.05) is 17.5 Å². The zero-order valence-corrected chi connectivity index (χ0v) is 8.07. The highest BCUT2D eigenvalue weighted by Gasteiger charge is 2.01. The van der Waals surface area contributed by atoms with Crippen LogP contribution in [0, 0.1) is 6.92 Å². The van der Waals surface area contributed by atoms with Crippen molar-refractivity contribution in [3.63, 3.8) is 0 Å². The van der Waals surface area contributed by atoms with Gasteiger partial charge >= 0.3 is 0 Å². The van der Waals surface area contributed by atoms with E-state index in [0.717, 1.165) is 11.1 Å². The Morgan fingerprint density at radius 2 is 2.21 bits per heavy atom. The van der Waals surface area contributed by atoms with Gasteiger partial charge in [0.2, 0.25) is 0 Å².